The topological polar surface area (TPSA) is 0 Å². The van der Waals surface area contributed by atoms with Gasteiger partial charge in [0.15, 0.2) is 0 Å². The Morgan fingerprint density at radius 1 is 0.175 bits per heavy atom. The average molecular weight is 1320 g/mol. The Bertz CT molecular complexity index is 5910. The van der Waals surface area contributed by atoms with Gasteiger partial charge in [-0.25, -0.2) is 0 Å². The SMILES string of the molecule is CC1(C)c2ccccc2-c2ccc(-c3ccc4c(c3)C(C)(C)c3cc(-c5cc6c(c7ccccc57)-c5cc7c(cc5C6(C)C)-c5cc6c(cc5C75CCCC5)-c5c(cc(-c7ccc8c(c7)C(C)(C)c7cc(-c9ccc%10c(c9)C(C)(C)c9ccccc9-%10)ccc7-8)c7ccccc57)C6(C)C)ccc3-4)cc21. The zero-order valence-corrected chi connectivity index (χ0v) is 61.4. The Balaban J connectivity index is 0.612. The van der Waals surface area contributed by atoms with Crippen LogP contribution in [0.5, 0.6) is 0 Å². The molecule has 1 spiro atoms. The van der Waals surface area contributed by atoms with Gasteiger partial charge in [0.2, 0.25) is 0 Å². The average Bonchev–Trinajstić information content (AvgIpc) is 1.51. The third-order valence-electron chi connectivity index (χ3n) is 28.2. The van der Waals surface area contributed by atoms with Crippen molar-refractivity contribution in [3.8, 4) is 122 Å². The van der Waals surface area contributed by atoms with Crippen LogP contribution >= 0.6 is 0 Å². The molecule has 0 amide bonds. The number of benzene rings is 14. The standard InChI is InChI=1S/C103H84/c1-97(2)81-29-19-17-25-65(81)67-37-31-57(45-83(67)97)59-33-39-69-71-41-35-61(49-87(71)99(5,6)85(69)47-59)75-51-93-95(73-27-15-13-23-63(73)75)79-55-91-77(53-89(79)101(93,9)10)78-54-90-80(56-92(78)103(91)43-21-22-44-103)96-74-28-16-14-24-64(74)76(52-94(96)102(90,11)12)62-36-42-72-70-40-34-60(48-86(70)100(7,8)88(72)50-62)58-32-38-68-66-26-18-20-30-82(66)98(3,4)84(68)46-58/h13-20,23-42,45-56H,21-22,43-44H2,1-12H3. The second-order valence-corrected chi connectivity index (χ2v) is 35.4. The highest BCUT2D eigenvalue weighted by atomic mass is 14.5. The summed E-state index contributed by atoms with van der Waals surface area (Å²) in [7, 11) is 0. The van der Waals surface area contributed by atoms with Crippen LogP contribution in [-0.2, 0) is 37.9 Å². The van der Waals surface area contributed by atoms with Gasteiger partial charge >= 0.3 is 0 Å². The minimum Gasteiger partial charge on any atom is -0.0619 e. The van der Waals surface area contributed by atoms with Gasteiger partial charge in [0.1, 0.15) is 0 Å². The molecule has 0 heteroatoms. The van der Waals surface area contributed by atoms with Crippen molar-refractivity contribution in [3.63, 3.8) is 0 Å². The molecule has 0 aliphatic heterocycles. The van der Waals surface area contributed by atoms with Crippen molar-refractivity contribution in [1.82, 2.24) is 0 Å². The Morgan fingerprint density at radius 3 is 0.767 bits per heavy atom. The molecule has 103 heavy (non-hydrogen) atoms. The first-order valence-corrected chi connectivity index (χ1v) is 38.2. The van der Waals surface area contributed by atoms with Crippen molar-refractivity contribution in [1.29, 1.82) is 0 Å². The molecule has 0 aromatic heterocycles. The van der Waals surface area contributed by atoms with Crippen LogP contribution in [0.3, 0.4) is 0 Å². The van der Waals surface area contributed by atoms with Crippen LogP contribution in [-0.4, -0.2) is 0 Å². The number of fused-ring (bicyclic) bond motifs is 27. The van der Waals surface area contributed by atoms with Gasteiger partial charge in [-0.1, -0.05) is 266 Å². The molecule has 1 saturated carbocycles. The van der Waals surface area contributed by atoms with Gasteiger partial charge in [-0.15, -0.1) is 0 Å². The molecular weight excluding hydrogens is 1240 g/mol. The van der Waals surface area contributed by atoms with Crippen LogP contribution in [0.2, 0.25) is 0 Å². The highest BCUT2D eigenvalue weighted by molar-refractivity contribution is 6.12. The molecule has 8 aliphatic rings. The summed E-state index contributed by atoms with van der Waals surface area (Å²) in [5.74, 6) is 0. The summed E-state index contributed by atoms with van der Waals surface area (Å²) in [5.41, 5.74) is 49.2. The summed E-state index contributed by atoms with van der Waals surface area (Å²) in [4.78, 5) is 0. The van der Waals surface area contributed by atoms with Crippen molar-refractivity contribution >= 4 is 21.5 Å². The quantitative estimate of drug-likeness (QED) is 0.165. The van der Waals surface area contributed by atoms with Crippen LogP contribution in [0.1, 0.15) is 187 Å². The number of rotatable bonds is 4. The molecule has 0 saturated heterocycles. The van der Waals surface area contributed by atoms with E-state index in [9.17, 15) is 0 Å². The second kappa shape index (κ2) is 19.7. The highest BCUT2D eigenvalue weighted by Crippen LogP contribution is 2.66. The molecule has 0 bridgehead atoms. The first kappa shape index (κ1) is 60.2. The predicted octanol–water partition coefficient (Wildman–Crippen LogP) is 27.3. The first-order valence-electron chi connectivity index (χ1n) is 38.2. The Hall–Kier alpha value is -10.4. The van der Waals surface area contributed by atoms with Crippen molar-refractivity contribution in [2.45, 2.75) is 147 Å². The van der Waals surface area contributed by atoms with Gasteiger partial charge in [-0.3, -0.25) is 0 Å². The van der Waals surface area contributed by atoms with Crippen molar-refractivity contribution in [2.75, 3.05) is 0 Å². The lowest BCUT2D eigenvalue weighted by molar-refractivity contribution is 0.549. The summed E-state index contributed by atoms with van der Waals surface area (Å²) in [6.45, 7) is 29.4. The maximum atomic E-state index is 2.73. The van der Waals surface area contributed by atoms with E-state index in [-0.39, 0.29) is 37.9 Å². The van der Waals surface area contributed by atoms with E-state index in [1.165, 1.54) is 236 Å². The lowest BCUT2D eigenvalue weighted by atomic mass is 9.74. The second-order valence-electron chi connectivity index (χ2n) is 35.4. The van der Waals surface area contributed by atoms with Gasteiger partial charge < -0.3 is 0 Å². The molecule has 22 rings (SSSR count). The lowest BCUT2D eigenvalue weighted by Crippen LogP contribution is -2.21. The summed E-state index contributed by atoms with van der Waals surface area (Å²) < 4.78 is 0. The van der Waals surface area contributed by atoms with Crippen LogP contribution in [0, 0.1) is 0 Å². The molecule has 0 unspecified atom stereocenters. The minimum atomic E-state index is -0.240. The number of hydrogen-bond acceptors (Lipinski definition) is 0. The summed E-state index contributed by atoms with van der Waals surface area (Å²) in [5, 5.41) is 5.38. The van der Waals surface area contributed by atoms with Gasteiger partial charge in [0.05, 0.1) is 0 Å². The van der Waals surface area contributed by atoms with E-state index in [0.717, 1.165) is 0 Å². The zero-order valence-electron chi connectivity index (χ0n) is 61.4. The van der Waals surface area contributed by atoms with Crippen LogP contribution < -0.4 is 0 Å². The molecule has 0 heterocycles. The fourth-order valence-electron chi connectivity index (χ4n) is 22.6. The Kier molecular flexibility index (Phi) is 11.5. The van der Waals surface area contributed by atoms with Crippen molar-refractivity contribution < 1.29 is 0 Å². The molecule has 1 fully saturated rings. The molecule has 8 aliphatic carbocycles. The van der Waals surface area contributed by atoms with Gasteiger partial charge in [-0.05, 0) is 307 Å². The van der Waals surface area contributed by atoms with Crippen LogP contribution in [0.15, 0.2) is 243 Å². The zero-order chi connectivity index (χ0) is 69.7. The van der Waals surface area contributed by atoms with Gasteiger partial charge in [0.25, 0.3) is 0 Å². The fraction of sp³-hybridized carbons (Fsp3) is 0.223. The summed E-state index contributed by atoms with van der Waals surface area (Å²) >= 11 is 0. The normalized spacial score (nSPS) is 17.9. The van der Waals surface area contributed by atoms with Gasteiger partial charge in [0, 0.05) is 37.9 Å². The number of hydrogen-bond donors (Lipinski definition) is 0. The van der Waals surface area contributed by atoms with E-state index in [4.69, 9.17) is 0 Å². The van der Waals surface area contributed by atoms with Crippen LogP contribution in [0.4, 0.5) is 0 Å². The Morgan fingerprint density at radius 2 is 0.417 bits per heavy atom. The molecule has 0 radical (unpaired) electrons. The van der Waals surface area contributed by atoms with E-state index in [0.29, 0.717) is 0 Å². The largest absolute Gasteiger partial charge is 0.0619 e. The molecule has 14 aromatic carbocycles. The monoisotopic (exact) mass is 1320 g/mol. The smallest absolute Gasteiger partial charge is 0.0215 e. The third kappa shape index (κ3) is 7.53. The highest BCUT2D eigenvalue weighted by Gasteiger charge is 2.51. The molecule has 14 aromatic rings. The van der Waals surface area contributed by atoms with E-state index in [2.05, 4.69) is 326 Å². The Labute approximate surface area is 607 Å². The minimum absolute atomic E-state index is 0.0413. The third-order valence-corrected chi connectivity index (χ3v) is 28.2. The first-order chi connectivity index (χ1) is 49.5. The lowest BCUT2D eigenvalue weighted by Gasteiger charge is -2.28. The van der Waals surface area contributed by atoms with E-state index >= 15 is 0 Å². The molecule has 0 atom stereocenters. The molecular formula is C103H84. The summed E-state index contributed by atoms with van der Waals surface area (Å²) in [6, 6.07) is 96.6. The van der Waals surface area contributed by atoms with Gasteiger partial charge in [-0.2, -0.15) is 0 Å². The van der Waals surface area contributed by atoms with Crippen molar-refractivity contribution in [2.24, 2.45) is 0 Å². The molecule has 0 N–H and O–H groups in total. The maximum absolute atomic E-state index is 2.73. The molecule has 0 nitrogen and oxygen atoms in total. The summed E-state index contributed by atoms with van der Waals surface area (Å²) in [6.07, 6.45) is 4.85. The predicted molar refractivity (Wildman–Crippen MR) is 433 cm³/mol. The molecule has 496 valence electrons. The van der Waals surface area contributed by atoms with E-state index in [1.54, 1.807) is 11.1 Å². The van der Waals surface area contributed by atoms with E-state index in [1.807, 2.05) is 0 Å². The fourth-order valence-corrected chi connectivity index (χ4v) is 22.6. The maximum Gasteiger partial charge on any atom is 0.0215 e. The van der Waals surface area contributed by atoms with E-state index < -0.39 is 0 Å². The van der Waals surface area contributed by atoms with Crippen LogP contribution in [0.25, 0.3) is 144 Å². The van der Waals surface area contributed by atoms with Crippen molar-refractivity contribution in [3.05, 3.63) is 321 Å².